The molecular weight excluding hydrogens is 280 g/mol. The lowest BCUT2D eigenvalue weighted by Gasteiger charge is -2.16. The molecule has 2 N–H and O–H groups in total. The molecule has 2 aromatic heterocycles. The van der Waals surface area contributed by atoms with Crippen molar-refractivity contribution in [3.63, 3.8) is 0 Å². The van der Waals surface area contributed by atoms with Crippen molar-refractivity contribution in [2.24, 2.45) is 0 Å². The van der Waals surface area contributed by atoms with E-state index in [4.69, 9.17) is 0 Å². The Bertz CT molecular complexity index is 630. The number of amides is 1. The number of rotatable bonds is 7. The molecule has 0 bridgehead atoms. The van der Waals surface area contributed by atoms with Gasteiger partial charge in [-0.05, 0) is 32.8 Å². The molecule has 0 aliphatic heterocycles. The van der Waals surface area contributed by atoms with Gasteiger partial charge in [0.05, 0.1) is 11.7 Å². The quantitative estimate of drug-likeness (QED) is 0.817. The molecule has 2 aromatic rings. The van der Waals surface area contributed by atoms with Gasteiger partial charge >= 0.3 is 0 Å². The summed E-state index contributed by atoms with van der Waals surface area (Å²) in [5.74, 6) is 0.822. The third-order valence-corrected chi connectivity index (χ3v) is 3.94. The van der Waals surface area contributed by atoms with Crippen molar-refractivity contribution in [2.45, 2.75) is 59.5 Å². The van der Waals surface area contributed by atoms with E-state index < -0.39 is 0 Å². The maximum absolute atomic E-state index is 12.2. The van der Waals surface area contributed by atoms with Crippen molar-refractivity contribution in [3.8, 4) is 0 Å². The molecule has 0 spiro atoms. The average molecular weight is 304 g/mol. The lowest BCUT2D eigenvalue weighted by molar-refractivity contribution is -0.121. The number of hydrogen-bond acceptors (Lipinski definition) is 4. The highest BCUT2D eigenvalue weighted by Crippen LogP contribution is 2.15. The van der Waals surface area contributed by atoms with Gasteiger partial charge in [-0.1, -0.05) is 6.92 Å². The first-order chi connectivity index (χ1) is 10.6. The fraction of sp³-hybridized carbons (Fsp3) is 0.600. The van der Waals surface area contributed by atoms with E-state index in [1.165, 1.54) is 6.33 Å². The third-order valence-electron chi connectivity index (χ3n) is 3.94. The Hall–Kier alpha value is -2.18. The fourth-order valence-corrected chi connectivity index (χ4v) is 2.41. The lowest BCUT2D eigenvalue weighted by atomic mass is 10.1. The molecule has 7 nitrogen and oxygen atoms in total. The van der Waals surface area contributed by atoms with Crippen LogP contribution in [0.3, 0.4) is 0 Å². The minimum absolute atomic E-state index is 0.0116. The minimum Gasteiger partial charge on any atom is -0.346 e. The Morgan fingerprint density at radius 2 is 2.18 bits per heavy atom. The van der Waals surface area contributed by atoms with Crippen LogP contribution >= 0.6 is 0 Å². The molecule has 22 heavy (non-hydrogen) atoms. The summed E-state index contributed by atoms with van der Waals surface area (Å²) in [6.45, 7) is 8.78. The summed E-state index contributed by atoms with van der Waals surface area (Å²) in [5.41, 5.74) is 3.14. The molecular formula is C15H24N6O. The van der Waals surface area contributed by atoms with E-state index in [0.717, 1.165) is 35.7 Å². The summed E-state index contributed by atoms with van der Waals surface area (Å²) in [6, 6.07) is -0.100. The van der Waals surface area contributed by atoms with Gasteiger partial charge in [0.2, 0.25) is 5.91 Å². The number of carbonyl (C=O) groups is 1. The van der Waals surface area contributed by atoms with Gasteiger partial charge in [-0.15, -0.1) is 0 Å². The molecule has 0 radical (unpaired) electrons. The van der Waals surface area contributed by atoms with Gasteiger partial charge in [0.1, 0.15) is 12.2 Å². The smallest absolute Gasteiger partial charge is 0.220 e. The second-order valence-corrected chi connectivity index (χ2v) is 5.38. The predicted octanol–water partition coefficient (Wildman–Crippen LogP) is 1.84. The van der Waals surface area contributed by atoms with Gasteiger partial charge in [-0.25, -0.2) is 9.67 Å². The molecule has 2 rings (SSSR count). The first kappa shape index (κ1) is 16.2. The molecule has 0 aliphatic rings. The lowest BCUT2D eigenvalue weighted by Crippen LogP contribution is -2.30. The van der Waals surface area contributed by atoms with Crippen LogP contribution in [0.1, 0.15) is 55.5 Å². The first-order valence-corrected chi connectivity index (χ1v) is 7.74. The molecule has 0 saturated heterocycles. The second kappa shape index (κ2) is 7.20. The summed E-state index contributed by atoms with van der Waals surface area (Å²) < 4.78 is 1.82. The van der Waals surface area contributed by atoms with Gasteiger partial charge < -0.3 is 5.32 Å². The van der Waals surface area contributed by atoms with Crippen LogP contribution in [0, 0.1) is 13.8 Å². The molecule has 1 amide bonds. The Balaban J connectivity index is 1.94. The summed E-state index contributed by atoms with van der Waals surface area (Å²) in [7, 11) is 0. The Labute approximate surface area is 130 Å². The average Bonchev–Trinajstić information content (AvgIpc) is 3.11. The van der Waals surface area contributed by atoms with E-state index in [9.17, 15) is 4.79 Å². The van der Waals surface area contributed by atoms with Crippen molar-refractivity contribution >= 4 is 5.91 Å². The number of nitrogens with zero attached hydrogens (tertiary/aromatic N) is 4. The zero-order valence-corrected chi connectivity index (χ0v) is 13.7. The third kappa shape index (κ3) is 3.52. The summed E-state index contributed by atoms with van der Waals surface area (Å²) >= 11 is 0. The molecule has 0 aliphatic carbocycles. The summed E-state index contributed by atoms with van der Waals surface area (Å²) in [4.78, 5) is 16.5. The van der Waals surface area contributed by atoms with Crippen molar-refractivity contribution in [1.29, 1.82) is 0 Å². The Morgan fingerprint density at radius 3 is 2.77 bits per heavy atom. The van der Waals surface area contributed by atoms with E-state index in [2.05, 4.69) is 25.6 Å². The van der Waals surface area contributed by atoms with Crippen LogP contribution < -0.4 is 5.32 Å². The van der Waals surface area contributed by atoms with Gasteiger partial charge in [-0.2, -0.15) is 10.2 Å². The Morgan fingerprint density at radius 1 is 1.41 bits per heavy atom. The number of hydrogen-bond donors (Lipinski definition) is 2. The molecule has 0 saturated carbocycles. The maximum atomic E-state index is 12.2. The highest BCUT2D eigenvalue weighted by molar-refractivity contribution is 5.76. The SMILES string of the molecule is CC[C@H](NC(=O)CCc1n[nH]c(C)c1C)c1ncnn1CC. The Kier molecular flexibility index (Phi) is 5.30. The number of aryl methyl sites for hydroxylation is 3. The van der Waals surface area contributed by atoms with Crippen molar-refractivity contribution < 1.29 is 4.79 Å². The van der Waals surface area contributed by atoms with Crippen LogP contribution in [0.25, 0.3) is 0 Å². The standard InChI is InChI=1S/C15H24N6O/c1-5-12(15-16-9-17-21(15)6-2)18-14(22)8-7-13-10(3)11(4)19-20-13/h9,12H,5-8H2,1-4H3,(H,18,22)(H,19,20)/t12-/m0/s1. The van der Waals surface area contributed by atoms with E-state index >= 15 is 0 Å². The first-order valence-electron chi connectivity index (χ1n) is 7.74. The molecule has 120 valence electrons. The zero-order valence-electron chi connectivity index (χ0n) is 13.7. The summed E-state index contributed by atoms with van der Waals surface area (Å²) in [5, 5.41) is 14.4. The number of carbonyl (C=O) groups excluding carboxylic acids is 1. The van der Waals surface area contributed by atoms with Gasteiger partial charge in [-0.3, -0.25) is 9.89 Å². The zero-order chi connectivity index (χ0) is 16.1. The molecule has 0 fully saturated rings. The van der Waals surface area contributed by atoms with E-state index in [-0.39, 0.29) is 11.9 Å². The molecule has 0 unspecified atom stereocenters. The van der Waals surface area contributed by atoms with Crippen LogP contribution in [0.5, 0.6) is 0 Å². The number of H-pyrrole nitrogens is 1. The highest BCUT2D eigenvalue weighted by Gasteiger charge is 2.18. The number of aromatic nitrogens is 5. The number of nitrogens with one attached hydrogen (secondary N) is 2. The molecule has 7 heteroatoms. The molecule has 2 heterocycles. The van der Waals surface area contributed by atoms with Gasteiger partial charge in [0.15, 0.2) is 0 Å². The van der Waals surface area contributed by atoms with Crippen LogP contribution in [-0.4, -0.2) is 30.9 Å². The van der Waals surface area contributed by atoms with Crippen molar-refractivity contribution in [2.75, 3.05) is 0 Å². The van der Waals surface area contributed by atoms with Crippen molar-refractivity contribution in [1.82, 2.24) is 30.3 Å². The second-order valence-electron chi connectivity index (χ2n) is 5.38. The molecule has 0 aromatic carbocycles. The van der Waals surface area contributed by atoms with Crippen molar-refractivity contribution in [3.05, 3.63) is 29.1 Å². The largest absolute Gasteiger partial charge is 0.346 e. The summed E-state index contributed by atoms with van der Waals surface area (Å²) in [6.07, 6.45) is 3.37. The van der Waals surface area contributed by atoms with Crippen LogP contribution in [-0.2, 0) is 17.8 Å². The minimum atomic E-state index is -0.100. The van der Waals surface area contributed by atoms with Gasteiger partial charge in [0, 0.05) is 25.1 Å². The topological polar surface area (TPSA) is 88.5 Å². The molecule has 1 atom stereocenters. The normalized spacial score (nSPS) is 12.4. The fourth-order valence-electron chi connectivity index (χ4n) is 2.41. The van der Waals surface area contributed by atoms with Crippen LogP contribution in [0.15, 0.2) is 6.33 Å². The van der Waals surface area contributed by atoms with Crippen LogP contribution in [0.2, 0.25) is 0 Å². The van der Waals surface area contributed by atoms with Crippen LogP contribution in [0.4, 0.5) is 0 Å². The van der Waals surface area contributed by atoms with E-state index in [1.807, 2.05) is 32.4 Å². The van der Waals surface area contributed by atoms with Gasteiger partial charge in [0.25, 0.3) is 0 Å². The van der Waals surface area contributed by atoms with E-state index in [0.29, 0.717) is 12.8 Å². The monoisotopic (exact) mass is 304 g/mol. The highest BCUT2D eigenvalue weighted by atomic mass is 16.1. The van der Waals surface area contributed by atoms with E-state index in [1.54, 1.807) is 0 Å². The number of aromatic amines is 1. The predicted molar refractivity (Wildman–Crippen MR) is 83.3 cm³/mol. The maximum Gasteiger partial charge on any atom is 0.220 e.